The van der Waals surface area contributed by atoms with Crippen LogP contribution in [0.15, 0.2) is 54.6 Å². The van der Waals surface area contributed by atoms with Crippen LogP contribution in [-0.4, -0.2) is 18.2 Å². The van der Waals surface area contributed by atoms with Gasteiger partial charge in [0.25, 0.3) is 0 Å². The first-order valence-electron chi connectivity index (χ1n) is 13.2. The largest absolute Gasteiger partial charge is 0.497 e. The maximum Gasteiger partial charge on any atom is 0.303 e. The van der Waals surface area contributed by atoms with Gasteiger partial charge in [-0.15, -0.1) is 0 Å². The molecule has 0 aliphatic heterocycles. The Labute approximate surface area is 223 Å². The van der Waals surface area contributed by atoms with Crippen LogP contribution in [0.25, 0.3) is 11.1 Å². The zero-order valence-electron chi connectivity index (χ0n) is 22.5. The second-order valence-corrected chi connectivity index (χ2v) is 10.9. The highest BCUT2D eigenvalue weighted by molar-refractivity contribution is 5.71. The van der Waals surface area contributed by atoms with Crippen LogP contribution in [0.5, 0.6) is 11.5 Å². The molecular weight excluding hydrogens is 486 g/mol. The van der Waals surface area contributed by atoms with Crippen LogP contribution in [0.1, 0.15) is 81.4 Å². The van der Waals surface area contributed by atoms with Crippen molar-refractivity contribution < 1.29 is 28.2 Å². The van der Waals surface area contributed by atoms with Crippen LogP contribution < -0.4 is 9.47 Å². The summed E-state index contributed by atoms with van der Waals surface area (Å²) in [5, 5.41) is 9.21. The van der Waals surface area contributed by atoms with E-state index in [0.29, 0.717) is 23.3 Å². The van der Waals surface area contributed by atoms with Gasteiger partial charge in [-0.3, -0.25) is 4.79 Å². The Morgan fingerprint density at radius 1 is 1.11 bits per heavy atom. The number of carbonyl (C=O) groups is 1. The number of carboxylic acid groups (broad SMARTS) is 1. The van der Waals surface area contributed by atoms with E-state index in [1.807, 2.05) is 19.1 Å². The zero-order chi connectivity index (χ0) is 27.4. The molecule has 2 atom stereocenters. The van der Waals surface area contributed by atoms with Crippen molar-refractivity contribution in [2.24, 2.45) is 5.41 Å². The number of hydrogen-bond acceptors (Lipinski definition) is 3. The molecule has 0 radical (unpaired) electrons. The lowest BCUT2D eigenvalue weighted by molar-refractivity contribution is -0.137. The molecule has 0 unspecified atom stereocenters. The number of halogens is 2. The highest BCUT2D eigenvalue weighted by Crippen LogP contribution is 2.51. The molecule has 1 aliphatic rings. The number of hydrogen-bond donors (Lipinski definition) is 1. The Morgan fingerprint density at radius 2 is 1.89 bits per heavy atom. The average molecular weight is 523 g/mol. The number of benzene rings is 3. The molecule has 3 aromatic rings. The molecule has 0 bridgehead atoms. The van der Waals surface area contributed by atoms with E-state index in [2.05, 4.69) is 19.9 Å². The lowest BCUT2D eigenvalue weighted by atomic mass is 9.75. The van der Waals surface area contributed by atoms with Gasteiger partial charge in [-0.2, -0.15) is 0 Å². The quantitative estimate of drug-likeness (QED) is 0.290. The SMILES string of the molecule is CC[C@H](CC(=O)O)c1cccc(OCc2ccc(-c3cc(OC)ccc3F)c([C@H]3CCCC3(C)C)c2)c1F. The fraction of sp³-hybridized carbons (Fsp3) is 0.406. The van der Waals surface area contributed by atoms with Gasteiger partial charge in [-0.25, -0.2) is 8.78 Å². The lowest BCUT2D eigenvalue weighted by Crippen LogP contribution is -2.17. The van der Waals surface area contributed by atoms with Gasteiger partial charge in [-0.1, -0.05) is 57.5 Å². The molecule has 1 aliphatic carbocycles. The average Bonchev–Trinajstić information content (AvgIpc) is 3.25. The minimum Gasteiger partial charge on any atom is -0.497 e. The summed E-state index contributed by atoms with van der Waals surface area (Å²) in [6, 6.07) is 15.5. The summed E-state index contributed by atoms with van der Waals surface area (Å²) >= 11 is 0. The van der Waals surface area contributed by atoms with Gasteiger partial charge < -0.3 is 14.6 Å². The van der Waals surface area contributed by atoms with E-state index in [0.717, 1.165) is 36.0 Å². The zero-order valence-corrected chi connectivity index (χ0v) is 22.5. The first-order chi connectivity index (χ1) is 18.1. The van der Waals surface area contributed by atoms with Crippen LogP contribution in [0, 0.1) is 17.0 Å². The summed E-state index contributed by atoms with van der Waals surface area (Å²) in [4.78, 5) is 11.2. The van der Waals surface area contributed by atoms with Gasteiger partial charge in [0, 0.05) is 5.56 Å². The summed E-state index contributed by atoms with van der Waals surface area (Å²) in [5.41, 5.74) is 3.66. The molecule has 3 aromatic carbocycles. The van der Waals surface area contributed by atoms with Crippen molar-refractivity contribution in [2.75, 3.05) is 7.11 Å². The minimum absolute atomic E-state index is 0.0588. The van der Waals surface area contributed by atoms with Gasteiger partial charge in [0.15, 0.2) is 11.6 Å². The summed E-state index contributed by atoms with van der Waals surface area (Å²) in [7, 11) is 1.57. The van der Waals surface area contributed by atoms with Gasteiger partial charge >= 0.3 is 5.97 Å². The van der Waals surface area contributed by atoms with E-state index < -0.39 is 17.7 Å². The predicted octanol–water partition coefficient (Wildman–Crippen LogP) is 8.48. The molecular formula is C32H36F2O4. The van der Waals surface area contributed by atoms with Crippen molar-refractivity contribution in [2.45, 2.75) is 71.3 Å². The van der Waals surface area contributed by atoms with Crippen LogP contribution in [0.3, 0.4) is 0 Å². The summed E-state index contributed by atoms with van der Waals surface area (Å²) < 4.78 is 41.6. The number of rotatable bonds is 10. The molecule has 1 N–H and O–H groups in total. The minimum atomic E-state index is -0.961. The third kappa shape index (κ3) is 5.85. The third-order valence-corrected chi connectivity index (χ3v) is 7.95. The smallest absolute Gasteiger partial charge is 0.303 e. The second kappa shape index (κ2) is 11.5. The Hall–Kier alpha value is -3.41. The fourth-order valence-electron chi connectivity index (χ4n) is 5.78. The molecule has 0 amide bonds. The monoisotopic (exact) mass is 522 g/mol. The molecule has 4 rings (SSSR count). The molecule has 6 heteroatoms. The fourth-order valence-corrected chi connectivity index (χ4v) is 5.78. The van der Waals surface area contributed by atoms with Crippen LogP contribution in [-0.2, 0) is 11.4 Å². The van der Waals surface area contributed by atoms with Gasteiger partial charge in [0.1, 0.15) is 18.2 Å². The van der Waals surface area contributed by atoms with Crippen molar-refractivity contribution in [3.63, 3.8) is 0 Å². The molecule has 4 nitrogen and oxygen atoms in total. The van der Waals surface area contributed by atoms with E-state index in [-0.39, 0.29) is 35.9 Å². The van der Waals surface area contributed by atoms with Crippen molar-refractivity contribution >= 4 is 5.97 Å². The van der Waals surface area contributed by atoms with E-state index in [1.165, 1.54) is 6.07 Å². The third-order valence-electron chi connectivity index (χ3n) is 7.95. The molecule has 0 spiro atoms. The first-order valence-corrected chi connectivity index (χ1v) is 13.2. The van der Waals surface area contributed by atoms with Crippen LogP contribution in [0.2, 0.25) is 0 Å². The van der Waals surface area contributed by atoms with Crippen molar-refractivity contribution in [3.05, 3.63) is 82.9 Å². The van der Waals surface area contributed by atoms with Crippen molar-refractivity contribution in [1.82, 2.24) is 0 Å². The molecule has 0 aromatic heterocycles. The topological polar surface area (TPSA) is 55.8 Å². The molecule has 1 fully saturated rings. The number of methoxy groups -OCH3 is 1. The van der Waals surface area contributed by atoms with Crippen molar-refractivity contribution in [3.8, 4) is 22.6 Å². The summed E-state index contributed by atoms with van der Waals surface area (Å²) in [6.07, 6.45) is 3.57. The first kappa shape index (κ1) is 27.6. The van der Waals surface area contributed by atoms with Crippen LogP contribution >= 0.6 is 0 Å². The molecule has 1 saturated carbocycles. The Kier molecular flexibility index (Phi) is 8.39. The molecule has 0 heterocycles. The van der Waals surface area contributed by atoms with Gasteiger partial charge in [0.2, 0.25) is 0 Å². The van der Waals surface area contributed by atoms with Gasteiger partial charge in [0.05, 0.1) is 13.5 Å². The lowest BCUT2D eigenvalue weighted by Gasteiger charge is -2.30. The molecule has 0 saturated heterocycles. The Morgan fingerprint density at radius 3 is 2.55 bits per heavy atom. The highest BCUT2D eigenvalue weighted by atomic mass is 19.1. The van der Waals surface area contributed by atoms with E-state index >= 15 is 8.78 Å². The predicted molar refractivity (Wildman–Crippen MR) is 145 cm³/mol. The Bertz CT molecular complexity index is 1300. The standard InChI is InChI=1S/C32H36F2O4/c1-5-21(17-30(35)36)23-8-6-10-29(31(23)34)38-19-20-11-13-24(26-18-22(37-4)12-14-28(26)33)25(16-20)27-9-7-15-32(27,2)3/h6,8,10-14,16,18,21,27H,5,7,9,15,17,19H2,1-4H3,(H,35,36)/t21-,27-/m1/s1. The summed E-state index contributed by atoms with van der Waals surface area (Å²) in [6.45, 7) is 6.49. The van der Waals surface area contributed by atoms with Crippen molar-refractivity contribution in [1.29, 1.82) is 0 Å². The maximum atomic E-state index is 15.3. The van der Waals surface area contributed by atoms with E-state index in [1.54, 1.807) is 37.4 Å². The Balaban J connectivity index is 1.67. The van der Waals surface area contributed by atoms with Gasteiger partial charge in [-0.05, 0) is 83.0 Å². The normalized spacial score (nSPS) is 17.3. The summed E-state index contributed by atoms with van der Waals surface area (Å²) in [5.74, 6) is -1.29. The molecule has 38 heavy (non-hydrogen) atoms. The van der Waals surface area contributed by atoms with Crippen LogP contribution in [0.4, 0.5) is 8.78 Å². The van der Waals surface area contributed by atoms with E-state index in [4.69, 9.17) is 9.47 Å². The number of carboxylic acids is 1. The second-order valence-electron chi connectivity index (χ2n) is 10.9. The number of ether oxygens (including phenoxy) is 2. The number of aliphatic carboxylic acids is 1. The molecule has 202 valence electrons. The highest BCUT2D eigenvalue weighted by Gasteiger charge is 2.37. The van der Waals surface area contributed by atoms with E-state index in [9.17, 15) is 9.90 Å². The maximum absolute atomic E-state index is 15.3.